The number of carbonyl (C=O) groups is 1. The van der Waals surface area contributed by atoms with Gasteiger partial charge in [-0.1, -0.05) is 50.2 Å². The molecule has 9 nitrogen and oxygen atoms in total. The Bertz CT molecular complexity index is 1370. The molecule has 0 spiro atoms. The van der Waals surface area contributed by atoms with Crippen molar-refractivity contribution in [2.24, 2.45) is 0 Å². The minimum absolute atomic E-state index is 0.00791. The summed E-state index contributed by atoms with van der Waals surface area (Å²) in [6.45, 7) is 3.58. The second kappa shape index (κ2) is 10.6. The average molecular weight is 524 g/mol. The third-order valence-corrected chi connectivity index (χ3v) is 8.58. The summed E-state index contributed by atoms with van der Waals surface area (Å²) in [6, 6.07) is 20.0. The van der Waals surface area contributed by atoms with Crippen LogP contribution in [0.2, 0.25) is 0 Å². The van der Waals surface area contributed by atoms with Crippen molar-refractivity contribution in [3.05, 3.63) is 94.5 Å². The molecule has 1 amide bonds. The molecule has 1 N–H and O–H groups in total. The third-order valence-electron chi connectivity index (χ3n) is 6.79. The summed E-state index contributed by atoms with van der Waals surface area (Å²) < 4.78 is 34.4. The van der Waals surface area contributed by atoms with E-state index in [1.807, 2.05) is 38.1 Å². The van der Waals surface area contributed by atoms with E-state index >= 15 is 0 Å². The highest BCUT2D eigenvalue weighted by Gasteiger charge is 2.39. The zero-order valence-corrected chi connectivity index (χ0v) is 21.5. The number of nitrogens with one attached hydrogen (secondary N) is 1. The predicted molar refractivity (Wildman–Crippen MR) is 140 cm³/mol. The Morgan fingerprint density at radius 3 is 2.27 bits per heavy atom. The minimum Gasteiger partial charge on any atom is -0.487 e. The van der Waals surface area contributed by atoms with Crippen LogP contribution in [0.4, 0.5) is 11.4 Å². The van der Waals surface area contributed by atoms with E-state index in [1.165, 1.54) is 36.4 Å². The van der Waals surface area contributed by atoms with Crippen LogP contribution in [0.5, 0.6) is 5.75 Å². The summed E-state index contributed by atoms with van der Waals surface area (Å²) in [6.07, 6.45) is 2.05. The number of rotatable bonds is 9. The quantitative estimate of drug-likeness (QED) is 0.312. The smallest absolute Gasteiger partial charge is 0.269 e. The van der Waals surface area contributed by atoms with Gasteiger partial charge in [-0.25, -0.2) is 8.42 Å². The van der Waals surface area contributed by atoms with E-state index in [0.717, 1.165) is 22.7 Å². The van der Waals surface area contributed by atoms with Gasteiger partial charge in [0.2, 0.25) is 5.91 Å². The maximum absolute atomic E-state index is 13.6. The maximum Gasteiger partial charge on any atom is 0.269 e. The van der Waals surface area contributed by atoms with Gasteiger partial charge in [0.1, 0.15) is 17.9 Å². The molecule has 4 rings (SSSR count). The number of nitro groups is 1. The second-order valence-electron chi connectivity index (χ2n) is 8.95. The van der Waals surface area contributed by atoms with Gasteiger partial charge < -0.3 is 10.1 Å². The Kier molecular flexibility index (Phi) is 7.49. The number of carbonyl (C=O) groups excluding carboxylic acids is 1. The molecule has 0 aliphatic carbocycles. The molecule has 0 aromatic heterocycles. The summed E-state index contributed by atoms with van der Waals surface area (Å²) in [5.74, 6) is 0.201. The van der Waals surface area contributed by atoms with Gasteiger partial charge >= 0.3 is 0 Å². The number of anilines is 1. The monoisotopic (exact) mass is 523 g/mol. The molecule has 0 bridgehead atoms. The molecular weight excluding hydrogens is 494 g/mol. The van der Waals surface area contributed by atoms with E-state index in [4.69, 9.17) is 4.74 Å². The van der Waals surface area contributed by atoms with Gasteiger partial charge in [-0.3, -0.25) is 19.2 Å². The highest BCUT2D eigenvalue weighted by molar-refractivity contribution is 7.92. The largest absolute Gasteiger partial charge is 0.487 e. The SMILES string of the molecule is CCC1(CC)C[C@@H](NC(=O)CN(c2ccc([N+](=O)[O-])cc2)S(=O)(=O)c2ccccc2)c2ccccc2O1. The van der Waals surface area contributed by atoms with Crippen LogP contribution < -0.4 is 14.4 Å². The van der Waals surface area contributed by atoms with Crippen LogP contribution in [0.3, 0.4) is 0 Å². The predicted octanol–water partition coefficient (Wildman–Crippen LogP) is 4.99. The molecule has 0 unspecified atom stereocenters. The van der Waals surface area contributed by atoms with Crippen molar-refractivity contribution in [3.63, 3.8) is 0 Å². The topological polar surface area (TPSA) is 119 Å². The molecule has 3 aromatic carbocycles. The average Bonchev–Trinajstić information content (AvgIpc) is 2.92. The standard InChI is InChI=1S/C27H29N3O6S/c1-3-27(4-2)18-24(23-12-8-9-13-25(23)36-27)28-26(31)19-29(20-14-16-21(17-15-20)30(32)33)37(34,35)22-10-6-5-7-11-22/h5-17,24H,3-4,18-19H2,1-2H3,(H,28,31)/t24-/m1/s1. The molecule has 0 fully saturated rings. The lowest BCUT2D eigenvalue weighted by Crippen LogP contribution is -2.47. The van der Waals surface area contributed by atoms with Crippen LogP contribution in [0, 0.1) is 10.1 Å². The van der Waals surface area contributed by atoms with E-state index in [1.54, 1.807) is 18.2 Å². The van der Waals surface area contributed by atoms with Gasteiger partial charge in [-0.05, 0) is 43.2 Å². The number of amides is 1. The zero-order chi connectivity index (χ0) is 26.6. The molecule has 1 aliphatic rings. The summed E-state index contributed by atoms with van der Waals surface area (Å²) >= 11 is 0. The van der Waals surface area contributed by atoms with Crippen molar-refractivity contribution < 1.29 is 22.9 Å². The minimum atomic E-state index is -4.14. The molecule has 0 radical (unpaired) electrons. The summed E-state index contributed by atoms with van der Waals surface area (Å²) in [4.78, 5) is 23.9. The van der Waals surface area contributed by atoms with Gasteiger partial charge in [0.15, 0.2) is 0 Å². The lowest BCUT2D eigenvalue weighted by Gasteiger charge is -2.41. The van der Waals surface area contributed by atoms with Crippen molar-refractivity contribution in [3.8, 4) is 5.75 Å². The summed E-state index contributed by atoms with van der Waals surface area (Å²) in [7, 11) is -4.14. The van der Waals surface area contributed by atoms with E-state index in [2.05, 4.69) is 5.32 Å². The molecule has 0 saturated heterocycles. The molecule has 194 valence electrons. The Labute approximate surface area is 216 Å². The van der Waals surface area contributed by atoms with E-state index in [0.29, 0.717) is 12.2 Å². The van der Waals surface area contributed by atoms with Crippen molar-refractivity contribution in [1.29, 1.82) is 0 Å². The molecule has 3 aromatic rings. The number of sulfonamides is 1. The number of ether oxygens (including phenoxy) is 1. The van der Waals surface area contributed by atoms with Gasteiger partial charge in [0, 0.05) is 24.1 Å². The number of hydrogen-bond acceptors (Lipinski definition) is 6. The van der Waals surface area contributed by atoms with E-state index in [-0.39, 0.29) is 22.3 Å². The molecule has 37 heavy (non-hydrogen) atoms. The number of para-hydroxylation sites is 1. The van der Waals surface area contributed by atoms with E-state index in [9.17, 15) is 23.3 Å². The Morgan fingerprint density at radius 2 is 1.65 bits per heavy atom. The molecule has 1 aliphatic heterocycles. The van der Waals surface area contributed by atoms with Crippen LogP contribution >= 0.6 is 0 Å². The number of non-ortho nitro benzene ring substituents is 1. The van der Waals surface area contributed by atoms with Gasteiger partial charge in [0.05, 0.1) is 21.5 Å². The molecule has 0 saturated carbocycles. The first-order chi connectivity index (χ1) is 17.7. The number of nitrogens with zero attached hydrogens (tertiary/aromatic N) is 2. The van der Waals surface area contributed by atoms with Crippen molar-refractivity contribution in [1.82, 2.24) is 5.32 Å². The lowest BCUT2D eigenvalue weighted by atomic mass is 9.83. The second-order valence-corrected chi connectivity index (χ2v) is 10.8. The summed E-state index contributed by atoms with van der Waals surface area (Å²) in [5, 5.41) is 14.1. The van der Waals surface area contributed by atoms with Crippen molar-refractivity contribution in [2.75, 3.05) is 10.8 Å². The molecule has 1 atom stereocenters. The van der Waals surface area contributed by atoms with Crippen LogP contribution in [-0.4, -0.2) is 31.4 Å². The third kappa shape index (κ3) is 5.43. The first kappa shape index (κ1) is 26.2. The molecular formula is C27H29N3O6S. The van der Waals surface area contributed by atoms with Gasteiger partial charge in [-0.2, -0.15) is 0 Å². The fourth-order valence-corrected chi connectivity index (χ4v) is 6.02. The fraction of sp³-hybridized carbons (Fsp3) is 0.296. The highest BCUT2D eigenvalue weighted by atomic mass is 32.2. The van der Waals surface area contributed by atoms with Crippen LogP contribution in [0.1, 0.15) is 44.7 Å². The van der Waals surface area contributed by atoms with Crippen LogP contribution in [0.15, 0.2) is 83.8 Å². The Balaban J connectivity index is 1.66. The lowest BCUT2D eigenvalue weighted by molar-refractivity contribution is -0.384. The normalized spacial score (nSPS) is 16.2. The zero-order valence-electron chi connectivity index (χ0n) is 20.7. The number of hydrogen-bond donors (Lipinski definition) is 1. The van der Waals surface area contributed by atoms with Crippen LogP contribution in [-0.2, 0) is 14.8 Å². The van der Waals surface area contributed by atoms with Gasteiger partial charge in [0.25, 0.3) is 15.7 Å². The fourth-order valence-electron chi connectivity index (χ4n) is 4.58. The molecule has 10 heteroatoms. The van der Waals surface area contributed by atoms with Crippen LogP contribution in [0.25, 0.3) is 0 Å². The molecule has 1 heterocycles. The van der Waals surface area contributed by atoms with Crippen molar-refractivity contribution >= 4 is 27.3 Å². The number of benzene rings is 3. The summed E-state index contributed by atoms with van der Waals surface area (Å²) in [5.41, 5.74) is 0.356. The van der Waals surface area contributed by atoms with Gasteiger partial charge in [-0.15, -0.1) is 0 Å². The number of nitro benzene ring substituents is 1. The number of fused-ring (bicyclic) bond motifs is 1. The van der Waals surface area contributed by atoms with E-state index < -0.39 is 33.0 Å². The first-order valence-corrected chi connectivity index (χ1v) is 13.5. The Hall–Kier alpha value is -3.92. The first-order valence-electron chi connectivity index (χ1n) is 12.1. The highest BCUT2D eigenvalue weighted by Crippen LogP contribution is 2.42. The van der Waals surface area contributed by atoms with Crippen molar-refractivity contribution in [2.45, 2.75) is 49.6 Å². The Morgan fingerprint density at radius 1 is 1.03 bits per heavy atom. The maximum atomic E-state index is 13.6.